The Bertz CT molecular complexity index is 1590. The van der Waals surface area contributed by atoms with Crippen molar-refractivity contribution in [3.8, 4) is 16.9 Å². The van der Waals surface area contributed by atoms with E-state index in [0.29, 0.717) is 6.42 Å². The van der Waals surface area contributed by atoms with Gasteiger partial charge in [-0.2, -0.15) is 13.2 Å². The van der Waals surface area contributed by atoms with Gasteiger partial charge in [0.2, 0.25) is 0 Å². The maximum Gasteiger partial charge on any atom is 0.416 e. The van der Waals surface area contributed by atoms with E-state index in [9.17, 15) is 28.2 Å². The third kappa shape index (κ3) is 6.33. The van der Waals surface area contributed by atoms with Crippen molar-refractivity contribution in [2.24, 2.45) is 0 Å². The number of phenols is 1. The van der Waals surface area contributed by atoms with E-state index in [1.807, 2.05) is 6.07 Å². The van der Waals surface area contributed by atoms with Crippen molar-refractivity contribution in [2.75, 3.05) is 18.8 Å². The molecule has 40 heavy (non-hydrogen) atoms. The fourth-order valence-electron chi connectivity index (χ4n) is 5.12. The molecule has 1 unspecified atom stereocenters. The van der Waals surface area contributed by atoms with Crippen LogP contribution in [0, 0.1) is 0 Å². The van der Waals surface area contributed by atoms with E-state index in [1.165, 1.54) is 35.4 Å². The predicted octanol–water partition coefficient (Wildman–Crippen LogP) is 6.86. The van der Waals surface area contributed by atoms with Crippen LogP contribution in [0.1, 0.15) is 29.5 Å². The molecule has 10 heteroatoms. The lowest BCUT2D eigenvalue weighted by atomic mass is 9.98. The standard InChI is InChI=1S/C30H28ClF3N2O3S/c31-21-8-10-26(38)24(15-21)27-23-14-20(30(32,33)34)7-9-25(23)35-29(39)28(27)40-17-22(37)6-3-12-36-13-11-18-4-1-2-5-19(18)16-36/h1-2,4-5,7-10,14-15,22,37-38H,3,6,11-13,16-17H2,(H,35,39). The van der Waals surface area contributed by atoms with Crippen molar-refractivity contribution in [1.82, 2.24) is 9.88 Å². The number of nitrogens with one attached hydrogen (secondary N) is 1. The van der Waals surface area contributed by atoms with E-state index in [-0.39, 0.29) is 43.5 Å². The molecule has 1 atom stereocenters. The lowest BCUT2D eigenvalue weighted by Gasteiger charge is -2.28. The lowest BCUT2D eigenvalue weighted by molar-refractivity contribution is -0.137. The molecule has 0 amide bonds. The van der Waals surface area contributed by atoms with Crippen LogP contribution < -0.4 is 5.56 Å². The summed E-state index contributed by atoms with van der Waals surface area (Å²) in [6.45, 7) is 2.66. The fourth-order valence-corrected chi connectivity index (χ4v) is 6.37. The number of aromatic nitrogens is 1. The van der Waals surface area contributed by atoms with E-state index in [2.05, 4.69) is 28.1 Å². The van der Waals surface area contributed by atoms with Crippen LogP contribution in [-0.2, 0) is 19.1 Å². The summed E-state index contributed by atoms with van der Waals surface area (Å²) in [6, 6.07) is 15.7. The van der Waals surface area contributed by atoms with Gasteiger partial charge in [-0.25, -0.2) is 0 Å². The van der Waals surface area contributed by atoms with Crippen molar-refractivity contribution in [2.45, 2.75) is 43.0 Å². The Morgan fingerprint density at radius 2 is 1.85 bits per heavy atom. The molecule has 0 aliphatic carbocycles. The number of alkyl halides is 3. The number of pyridine rings is 1. The molecule has 0 saturated heterocycles. The van der Waals surface area contributed by atoms with Gasteiger partial charge in [0.1, 0.15) is 5.75 Å². The zero-order valence-electron chi connectivity index (χ0n) is 21.5. The molecule has 0 radical (unpaired) electrons. The average Bonchev–Trinajstić information content (AvgIpc) is 2.92. The van der Waals surface area contributed by atoms with Gasteiger partial charge < -0.3 is 15.2 Å². The quantitative estimate of drug-likeness (QED) is 0.196. The number of thioether (sulfide) groups is 1. The molecule has 5 nitrogen and oxygen atoms in total. The van der Waals surface area contributed by atoms with Crippen LogP contribution in [-0.4, -0.2) is 45.0 Å². The van der Waals surface area contributed by atoms with Crippen LogP contribution in [0.5, 0.6) is 5.75 Å². The van der Waals surface area contributed by atoms with Crippen molar-refractivity contribution >= 4 is 34.3 Å². The minimum absolute atomic E-state index is 0.107. The van der Waals surface area contributed by atoms with Crippen LogP contribution in [0.2, 0.25) is 5.02 Å². The SMILES string of the molecule is O=c1[nH]c2ccc(C(F)(F)F)cc2c(-c2cc(Cl)ccc2O)c1SCC(O)CCCN1CCc2ccccc2C1. The molecule has 5 rings (SSSR count). The number of H-pyrrole nitrogens is 1. The second kappa shape index (κ2) is 11.9. The minimum Gasteiger partial charge on any atom is -0.507 e. The second-order valence-electron chi connectivity index (χ2n) is 9.98. The van der Waals surface area contributed by atoms with Crippen molar-refractivity contribution in [3.63, 3.8) is 0 Å². The monoisotopic (exact) mass is 588 g/mol. The molecule has 210 valence electrons. The van der Waals surface area contributed by atoms with Crippen LogP contribution >= 0.6 is 23.4 Å². The number of hydrogen-bond acceptors (Lipinski definition) is 5. The van der Waals surface area contributed by atoms with Crippen LogP contribution in [0.4, 0.5) is 13.2 Å². The highest BCUT2D eigenvalue weighted by Gasteiger charge is 2.31. The number of aromatic amines is 1. The first-order chi connectivity index (χ1) is 19.1. The molecule has 3 N–H and O–H groups in total. The summed E-state index contributed by atoms with van der Waals surface area (Å²) in [4.78, 5) is 18.3. The fraction of sp³-hybridized carbons (Fsp3) is 0.300. The Morgan fingerprint density at radius 1 is 1.07 bits per heavy atom. The lowest BCUT2D eigenvalue weighted by Crippen LogP contribution is -2.31. The number of nitrogens with zero attached hydrogens (tertiary/aromatic N) is 1. The van der Waals surface area contributed by atoms with Gasteiger partial charge in [-0.05, 0) is 73.3 Å². The third-order valence-corrected chi connectivity index (χ3v) is 8.63. The van der Waals surface area contributed by atoms with E-state index < -0.39 is 23.4 Å². The predicted molar refractivity (Wildman–Crippen MR) is 153 cm³/mol. The van der Waals surface area contributed by atoms with E-state index in [1.54, 1.807) is 0 Å². The summed E-state index contributed by atoms with van der Waals surface area (Å²) in [5.41, 5.74) is 1.78. The molecule has 1 aliphatic rings. The van der Waals surface area contributed by atoms with Gasteiger partial charge in [0.25, 0.3) is 5.56 Å². The Balaban J connectivity index is 1.36. The highest BCUT2D eigenvalue weighted by Crippen LogP contribution is 2.42. The highest BCUT2D eigenvalue weighted by atomic mass is 35.5. The topological polar surface area (TPSA) is 76.6 Å². The first-order valence-corrected chi connectivity index (χ1v) is 14.3. The number of aliphatic hydroxyl groups excluding tert-OH is 1. The molecule has 0 bridgehead atoms. The molecule has 1 aliphatic heterocycles. The van der Waals surface area contributed by atoms with Crippen molar-refractivity contribution < 1.29 is 23.4 Å². The van der Waals surface area contributed by atoms with E-state index in [0.717, 1.165) is 56.4 Å². The Labute approximate surface area is 238 Å². The number of benzene rings is 3. The van der Waals surface area contributed by atoms with Crippen LogP contribution in [0.15, 0.2) is 70.4 Å². The summed E-state index contributed by atoms with van der Waals surface area (Å²) in [5.74, 6) is -0.0655. The van der Waals surface area contributed by atoms with Gasteiger partial charge >= 0.3 is 6.18 Å². The van der Waals surface area contributed by atoms with Gasteiger partial charge in [0.15, 0.2) is 0 Å². The molecule has 0 fully saturated rings. The first kappa shape index (κ1) is 28.5. The maximum atomic E-state index is 13.6. The summed E-state index contributed by atoms with van der Waals surface area (Å²) < 4.78 is 40.7. The third-order valence-electron chi connectivity index (χ3n) is 7.17. The molecule has 1 aromatic heterocycles. The van der Waals surface area contributed by atoms with Gasteiger partial charge in [-0.1, -0.05) is 35.9 Å². The number of rotatable bonds is 8. The number of aromatic hydroxyl groups is 1. The molecule has 2 heterocycles. The molecular formula is C30H28ClF3N2O3S. The molecule has 3 aromatic carbocycles. The molecule has 4 aromatic rings. The Hall–Kier alpha value is -2.98. The zero-order valence-corrected chi connectivity index (χ0v) is 23.0. The number of halogens is 4. The van der Waals surface area contributed by atoms with Gasteiger partial charge in [0, 0.05) is 45.9 Å². The number of fused-ring (bicyclic) bond motifs is 2. The molecule has 0 spiro atoms. The van der Waals surface area contributed by atoms with Gasteiger partial charge in [0.05, 0.1) is 16.6 Å². The van der Waals surface area contributed by atoms with E-state index in [4.69, 9.17) is 11.6 Å². The zero-order chi connectivity index (χ0) is 28.4. The van der Waals surface area contributed by atoms with E-state index >= 15 is 0 Å². The largest absolute Gasteiger partial charge is 0.507 e. The normalized spacial score (nSPS) is 14.8. The number of aliphatic hydroxyl groups is 1. The smallest absolute Gasteiger partial charge is 0.416 e. The number of hydrogen-bond donors (Lipinski definition) is 3. The second-order valence-corrected chi connectivity index (χ2v) is 11.4. The summed E-state index contributed by atoms with van der Waals surface area (Å²) in [6.07, 6.45) is -3.08. The summed E-state index contributed by atoms with van der Waals surface area (Å²) in [5, 5.41) is 21.7. The molecular weight excluding hydrogens is 561 g/mol. The Kier molecular flexibility index (Phi) is 8.47. The summed E-state index contributed by atoms with van der Waals surface area (Å²) >= 11 is 7.22. The maximum absolute atomic E-state index is 13.6. The van der Waals surface area contributed by atoms with Crippen LogP contribution in [0.25, 0.3) is 22.0 Å². The van der Waals surface area contributed by atoms with Crippen molar-refractivity contribution in [1.29, 1.82) is 0 Å². The highest BCUT2D eigenvalue weighted by molar-refractivity contribution is 7.99. The minimum atomic E-state index is -4.60. The van der Waals surface area contributed by atoms with Gasteiger partial charge in [-0.15, -0.1) is 11.8 Å². The van der Waals surface area contributed by atoms with Crippen LogP contribution in [0.3, 0.4) is 0 Å². The summed E-state index contributed by atoms with van der Waals surface area (Å²) in [7, 11) is 0. The Morgan fingerprint density at radius 3 is 2.62 bits per heavy atom. The first-order valence-electron chi connectivity index (χ1n) is 13.0. The number of phenolic OH excluding ortho intramolecular Hbond substituents is 1. The van der Waals surface area contributed by atoms with Crippen molar-refractivity contribution in [3.05, 3.63) is 92.7 Å². The van der Waals surface area contributed by atoms with Gasteiger partial charge in [-0.3, -0.25) is 9.69 Å². The average molecular weight is 589 g/mol. The molecule has 0 saturated carbocycles.